The third-order valence-electron chi connectivity index (χ3n) is 3.32. The topological polar surface area (TPSA) is 54.9 Å². The summed E-state index contributed by atoms with van der Waals surface area (Å²) in [5, 5.41) is 8.12. The molecule has 1 N–H and O–H groups in total. The number of hydrogen-bond donors (Lipinski definition) is 1. The summed E-state index contributed by atoms with van der Waals surface area (Å²) in [4.78, 5) is 22.3. The number of thiazole rings is 1. The Labute approximate surface area is 143 Å². The Kier molecular flexibility index (Phi) is 5.15. The van der Waals surface area contributed by atoms with Gasteiger partial charge in [0.25, 0.3) is 0 Å². The molecule has 118 valence electrons. The maximum Gasteiger partial charge on any atom is 0.226 e. The van der Waals surface area contributed by atoms with Crippen molar-refractivity contribution in [3.63, 3.8) is 0 Å². The summed E-state index contributed by atoms with van der Waals surface area (Å²) in [7, 11) is 0. The third kappa shape index (κ3) is 4.46. The third-order valence-corrected chi connectivity index (χ3v) is 5.30. The average Bonchev–Trinajstić information content (AvgIpc) is 3.19. The number of rotatable bonds is 6. The zero-order valence-electron chi connectivity index (χ0n) is 12.7. The lowest BCUT2D eigenvalue weighted by atomic mass is 10.1. The molecule has 0 aliphatic carbocycles. The van der Waals surface area contributed by atoms with Crippen molar-refractivity contribution in [1.82, 2.24) is 15.3 Å². The number of hydrogen-bond acceptors (Lipinski definition) is 5. The average molecular weight is 343 g/mol. The Morgan fingerprint density at radius 2 is 2.17 bits per heavy atom. The largest absolute Gasteiger partial charge is 0.346 e. The summed E-state index contributed by atoms with van der Waals surface area (Å²) in [6.45, 7) is 1.97. The fourth-order valence-corrected chi connectivity index (χ4v) is 3.87. The van der Waals surface area contributed by atoms with Crippen LogP contribution in [0.3, 0.4) is 0 Å². The van der Waals surface area contributed by atoms with Gasteiger partial charge in [-0.15, -0.1) is 22.7 Å². The molecule has 4 nitrogen and oxygen atoms in total. The van der Waals surface area contributed by atoms with E-state index in [9.17, 15) is 4.79 Å². The van der Waals surface area contributed by atoms with Gasteiger partial charge in [0.15, 0.2) is 0 Å². The summed E-state index contributed by atoms with van der Waals surface area (Å²) in [6, 6.07) is 9.62. The van der Waals surface area contributed by atoms with Gasteiger partial charge >= 0.3 is 0 Å². The van der Waals surface area contributed by atoms with Crippen molar-refractivity contribution >= 4 is 28.6 Å². The lowest BCUT2D eigenvalue weighted by molar-refractivity contribution is -0.121. The molecule has 0 saturated heterocycles. The van der Waals surface area contributed by atoms with E-state index >= 15 is 0 Å². The van der Waals surface area contributed by atoms with Crippen LogP contribution in [0.1, 0.15) is 27.3 Å². The molecule has 1 atom stereocenters. The number of aryl methyl sites for hydroxylation is 1. The number of nitrogens with one attached hydrogen (secondary N) is 1. The molecule has 0 unspecified atom stereocenters. The van der Waals surface area contributed by atoms with E-state index in [1.165, 1.54) is 4.88 Å². The number of amides is 1. The van der Waals surface area contributed by atoms with Crippen LogP contribution in [0.15, 0.2) is 47.3 Å². The van der Waals surface area contributed by atoms with Gasteiger partial charge in [0.2, 0.25) is 5.91 Å². The first kappa shape index (κ1) is 15.8. The van der Waals surface area contributed by atoms with Gasteiger partial charge in [-0.1, -0.05) is 12.1 Å². The van der Waals surface area contributed by atoms with E-state index in [4.69, 9.17) is 0 Å². The van der Waals surface area contributed by atoms with Crippen molar-refractivity contribution in [2.24, 2.45) is 0 Å². The number of pyridine rings is 1. The fourth-order valence-electron chi connectivity index (χ4n) is 2.27. The second kappa shape index (κ2) is 7.48. The molecule has 3 aromatic rings. The zero-order chi connectivity index (χ0) is 16.1. The second-order valence-corrected chi connectivity index (χ2v) is 7.15. The highest BCUT2D eigenvalue weighted by molar-refractivity contribution is 7.10. The van der Waals surface area contributed by atoms with Gasteiger partial charge in [0.1, 0.15) is 5.01 Å². The maximum absolute atomic E-state index is 12.4. The lowest BCUT2D eigenvalue weighted by Gasteiger charge is -2.16. The predicted octanol–water partition coefficient (Wildman–Crippen LogP) is 3.55. The molecular weight excluding hydrogens is 326 g/mol. The van der Waals surface area contributed by atoms with E-state index in [0.29, 0.717) is 0 Å². The van der Waals surface area contributed by atoms with Gasteiger partial charge < -0.3 is 5.32 Å². The number of thiophene rings is 1. The van der Waals surface area contributed by atoms with E-state index in [1.54, 1.807) is 28.9 Å². The van der Waals surface area contributed by atoms with Crippen molar-refractivity contribution < 1.29 is 4.79 Å². The standard InChI is InChI=1S/C17H17N3OS2/c1-12-11-23-17(19-12)15(10-14-6-4-8-22-14)20-16(21)9-13-5-2-3-7-18-13/h2-8,11,15H,9-10H2,1H3,(H,20,21)/t15-/m0/s1. The molecule has 0 saturated carbocycles. The van der Waals surface area contributed by atoms with Crippen molar-refractivity contribution in [3.05, 3.63) is 68.6 Å². The van der Waals surface area contributed by atoms with Crippen molar-refractivity contribution in [3.8, 4) is 0 Å². The number of aromatic nitrogens is 2. The van der Waals surface area contributed by atoms with E-state index in [2.05, 4.69) is 26.7 Å². The second-order valence-electron chi connectivity index (χ2n) is 5.23. The van der Waals surface area contributed by atoms with Crippen LogP contribution in [0, 0.1) is 6.92 Å². The SMILES string of the molecule is Cc1csc([C@H](Cc2cccs2)NC(=O)Cc2ccccn2)n1. The van der Waals surface area contributed by atoms with E-state index in [0.717, 1.165) is 22.8 Å². The quantitative estimate of drug-likeness (QED) is 0.745. The van der Waals surface area contributed by atoms with Crippen LogP contribution in [0.2, 0.25) is 0 Å². The monoisotopic (exact) mass is 343 g/mol. The minimum absolute atomic E-state index is 0.0295. The van der Waals surface area contributed by atoms with Crippen molar-refractivity contribution in [2.45, 2.75) is 25.8 Å². The molecule has 0 bridgehead atoms. The van der Waals surface area contributed by atoms with Crippen LogP contribution < -0.4 is 5.32 Å². The molecule has 23 heavy (non-hydrogen) atoms. The van der Waals surface area contributed by atoms with Crippen molar-refractivity contribution in [2.75, 3.05) is 0 Å². The summed E-state index contributed by atoms with van der Waals surface area (Å²) in [5.74, 6) is -0.0295. The number of carbonyl (C=O) groups is 1. The zero-order valence-corrected chi connectivity index (χ0v) is 14.4. The van der Waals surface area contributed by atoms with Crippen LogP contribution in [-0.2, 0) is 17.6 Å². The summed E-state index contributed by atoms with van der Waals surface area (Å²) >= 11 is 3.29. The van der Waals surface area contributed by atoms with Gasteiger partial charge in [-0.25, -0.2) is 4.98 Å². The van der Waals surface area contributed by atoms with Crippen LogP contribution in [0.25, 0.3) is 0 Å². The molecule has 3 heterocycles. The molecule has 0 radical (unpaired) electrons. The Balaban J connectivity index is 1.71. The van der Waals surface area contributed by atoms with Crippen LogP contribution in [-0.4, -0.2) is 15.9 Å². The Bertz CT molecular complexity index is 753. The molecule has 0 fully saturated rings. The lowest BCUT2D eigenvalue weighted by Crippen LogP contribution is -2.31. The molecule has 3 rings (SSSR count). The Hall–Kier alpha value is -2.05. The first-order valence-electron chi connectivity index (χ1n) is 7.34. The highest BCUT2D eigenvalue weighted by atomic mass is 32.1. The minimum atomic E-state index is -0.0939. The van der Waals surface area contributed by atoms with Crippen LogP contribution in [0.4, 0.5) is 0 Å². The van der Waals surface area contributed by atoms with Gasteiger partial charge in [-0.2, -0.15) is 0 Å². The smallest absolute Gasteiger partial charge is 0.226 e. The molecular formula is C17H17N3OS2. The van der Waals surface area contributed by atoms with Crippen LogP contribution in [0.5, 0.6) is 0 Å². The number of nitrogens with zero attached hydrogens (tertiary/aromatic N) is 2. The summed E-state index contributed by atoms with van der Waals surface area (Å²) < 4.78 is 0. The molecule has 0 aliphatic rings. The highest BCUT2D eigenvalue weighted by Crippen LogP contribution is 2.24. The number of carbonyl (C=O) groups excluding carboxylic acids is 1. The predicted molar refractivity (Wildman–Crippen MR) is 93.7 cm³/mol. The normalized spacial score (nSPS) is 12.0. The van der Waals surface area contributed by atoms with Gasteiger partial charge in [-0.3, -0.25) is 9.78 Å². The van der Waals surface area contributed by atoms with Gasteiger partial charge in [-0.05, 0) is 30.5 Å². The maximum atomic E-state index is 12.4. The fraction of sp³-hybridized carbons (Fsp3) is 0.235. The van der Waals surface area contributed by atoms with Crippen molar-refractivity contribution in [1.29, 1.82) is 0 Å². The first-order valence-corrected chi connectivity index (χ1v) is 9.10. The summed E-state index contributed by atoms with van der Waals surface area (Å²) in [6.07, 6.45) is 2.75. The van der Waals surface area contributed by atoms with E-state index in [-0.39, 0.29) is 18.4 Å². The summed E-state index contributed by atoms with van der Waals surface area (Å²) in [5.41, 5.74) is 1.76. The molecule has 0 aromatic carbocycles. The highest BCUT2D eigenvalue weighted by Gasteiger charge is 2.19. The van der Waals surface area contributed by atoms with E-state index in [1.807, 2.05) is 36.6 Å². The molecule has 3 aromatic heterocycles. The molecule has 6 heteroatoms. The first-order chi connectivity index (χ1) is 11.2. The minimum Gasteiger partial charge on any atom is -0.346 e. The van der Waals surface area contributed by atoms with Crippen LogP contribution >= 0.6 is 22.7 Å². The Morgan fingerprint density at radius 1 is 1.26 bits per heavy atom. The Morgan fingerprint density at radius 3 is 2.83 bits per heavy atom. The van der Waals surface area contributed by atoms with Gasteiger partial charge in [0.05, 0.1) is 12.5 Å². The van der Waals surface area contributed by atoms with Gasteiger partial charge in [0, 0.05) is 34.3 Å². The van der Waals surface area contributed by atoms with E-state index < -0.39 is 0 Å². The molecule has 1 amide bonds. The molecule has 0 aliphatic heterocycles. The molecule has 0 spiro atoms.